The van der Waals surface area contributed by atoms with Gasteiger partial charge in [-0.1, -0.05) is 55.8 Å². The fraction of sp³-hybridized carbons (Fsp3) is 0.400. The summed E-state index contributed by atoms with van der Waals surface area (Å²) in [6, 6.07) is 17.2. The van der Waals surface area contributed by atoms with Gasteiger partial charge in [-0.2, -0.15) is 0 Å². The first-order valence-electron chi connectivity index (χ1n) is 8.24. The van der Waals surface area contributed by atoms with E-state index >= 15 is 0 Å². The van der Waals surface area contributed by atoms with Crippen molar-refractivity contribution in [3.05, 3.63) is 59.7 Å². The molecule has 0 unspecified atom stereocenters. The van der Waals surface area contributed by atoms with Crippen LogP contribution in [0.5, 0.6) is 5.75 Å². The van der Waals surface area contributed by atoms with Crippen molar-refractivity contribution in [2.45, 2.75) is 45.8 Å². The maximum Gasteiger partial charge on any atom is 0.143 e. The maximum absolute atomic E-state index is 6.36. The van der Waals surface area contributed by atoms with Gasteiger partial charge in [-0.15, -0.1) is 0 Å². The molecule has 0 fully saturated rings. The molecule has 0 aromatic heterocycles. The summed E-state index contributed by atoms with van der Waals surface area (Å²) in [5, 5.41) is 0. The van der Waals surface area contributed by atoms with Crippen molar-refractivity contribution in [3.63, 3.8) is 0 Å². The third kappa shape index (κ3) is 2.83. The largest absolute Gasteiger partial charge is 0.483 e. The molecule has 3 rings (SSSR count). The average molecular weight is 295 g/mol. The van der Waals surface area contributed by atoms with Gasteiger partial charge < -0.3 is 9.64 Å². The molecule has 0 saturated carbocycles. The molecule has 0 N–H and O–H groups in total. The Morgan fingerprint density at radius 2 is 1.68 bits per heavy atom. The van der Waals surface area contributed by atoms with Crippen LogP contribution in [-0.4, -0.2) is 12.1 Å². The zero-order valence-corrected chi connectivity index (χ0v) is 13.8. The number of hydrogen-bond donors (Lipinski definition) is 0. The normalized spacial score (nSPS) is 16.0. The molecular weight excluding hydrogens is 270 g/mol. The zero-order valence-electron chi connectivity index (χ0n) is 13.8. The highest BCUT2D eigenvalue weighted by Gasteiger charge is 2.36. The van der Waals surface area contributed by atoms with Gasteiger partial charge >= 0.3 is 0 Å². The Kier molecular flexibility index (Phi) is 4.10. The molecule has 0 radical (unpaired) electrons. The number of aryl methyl sites for hydroxylation is 1. The predicted molar refractivity (Wildman–Crippen MR) is 92.6 cm³/mol. The zero-order chi connectivity index (χ0) is 15.6. The van der Waals surface area contributed by atoms with Crippen LogP contribution in [0.1, 0.15) is 37.8 Å². The number of anilines is 1. The Bertz CT molecular complexity index is 628. The van der Waals surface area contributed by atoms with Crippen LogP contribution >= 0.6 is 0 Å². The first-order chi connectivity index (χ1) is 10.7. The number of hydrogen-bond acceptors (Lipinski definition) is 2. The molecule has 1 aliphatic heterocycles. The van der Waals surface area contributed by atoms with Gasteiger partial charge in [-0.3, -0.25) is 0 Å². The van der Waals surface area contributed by atoms with Crippen molar-refractivity contribution in [2.75, 3.05) is 11.4 Å². The van der Waals surface area contributed by atoms with Gasteiger partial charge in [0, 0.05) is 6.54 Å². The Morgan fingerprint density at radius 3 is 2.36 bits per heavy atom. The second-order valence-corrected chi connectivity index (χ2v) is 6.30. The Labute approximate surface area is 133 Å². The van der Waals surface area contributed by atoms with Gasteiger partial charge in [-0.05, 0) is 37.5 Å². The number of benzene rings is 2. The monoisotopic (exact) mass is 295 g/mol. The number of para-hydroxylation sites is 2. The molecule has 2 nitrogen and oxygen atoms in total. The van der Waals surface area contributed by atoms with Crippen LogP contribution < -0.4 is 9.64 Å². The first-order valence-corrected chi connectivity index (χ1v) is 8.24. The number of fused-ring (bicyclic) bond motifs is 1. The molecule has 0 amide bonds. The number of ether oxygens (including phenoxy) is 1. The van der Waals surface area contributed by atoms with E-state index in [9.17, 15) is 0 Å². The average Bonchev–Trinajstić information content (AvgIpc) is 2.56. The van der Waals surface area contributed by atoms with Gasteiger partial charge in [0.25, 0.3) is 0 Å². The molecule has 0 spiro atoms. The van der Waals surface area contributed by atoms with E-state index in [2.05, 4.69) is 74.2 Å². The van der Waals surface area contributed by atoms with Crippen LogP contribution in [-0.2, 0) is 6.54 Å². The van der Waals surface area contributed by atoms with Crippen molar-refractivity contribution < 1.29 is 4.74 Å². The molecule has 1 aliphatic rings. The molecule has 2 aromatic rings. The van der Waals surface area contributed by atoms with Gasteiger partial charge in [-0.25, -0.2) is 0 Å². The summed E-state index contributed by atoms with van der Waals surface area (Å²) in [5.41, 5.74) is 3.80. The second kappa shape index (κ2) is 6.04. The highest BCUT2D eigenvalue weighted by Crippen LogP contribution is 2.40. The Morgan fingerprint density at radius 1 is 1.00 bits per heavy atom. The lowest BCUT2D eigenvalue weighted by Crippen LogP contribution is -2.50. The highest BCUT2D eigenvalue weighted by molar-refractivity contribution is 5.61. The van der Waals surface area contributed by atoms with Crippen molar-refractivity contribution >= 4 is 5.69 Å². The minimum atomic E-state index is -0.0704. The van der Waals surface area contributed by atoms with Gasteiger partial charge in [0.15, 0.2) is 0 Å². The van der Waals surface area contributed by atoms with Crippen molar-refractivity contribution in [1.29, 1.82) is 0 Å². The molecule has 0 aliphatic carbocycles. The quantitative estimate of drug-likeness (QED) is 0.791. The van der Waals surface area contributed by atoms with E-state index in [4.69, 9.17) is 4.74 Å². The summed E-state index contributed by atoms with van der Waals surface area (Å²) in [6.07, 6.45) is 2.06. The minimum absolute atomic E-state index is 0.0704. The van der Waals surface area contributed by atoms with E-state index in [0.29, 0.717) is 0 Å². The van der Waals surface area contributed by atoms with Gasteiger partial charge in [0.05, 0.1) is 12.2 Å². The maximum atomic E-state index is 6.36. The van der Waals surface area contributed by atoms with E-state index in [1.807, 2.05) is 0 Å². The van der Waals surface area contributed by atoms with Crippen LogP contribution in [0.3, 0.4) is 0 Å². The lowest BCUT2D eigenvalue weighted by molar-refractivity contribution is 0.0570. The number of nitrogens with zero attached hydrogens (tertiary/aromatic N) is 1. The van der Waals surface area contributed by atoms with Crippen LogP contribution in [0.4, 0.5) is 5.69 Å². The smallest absolute Gasteiger partial charge is 0.143 e. The van der Waals surface area contributed by atoms with E-state index in [1.165, 1.54) is 16.8 Å². The molecule has 2 aromatic carbocycles. The van der Waals surface area contributed by atoms with Crippen LogP contribution in [0.15, 0.2) is 48.5 Å². The summed E-state index contributed by atoms with van der Waals surface area (Å²) in [5.74, 6) is 1.02. The molecule has 1 heterocycles. The Hall–Kier alpha value is -1.96. The van der Waals surface area contributed by atoms with Crippen molar-refractivity contribution in [3.8, 4) is 5.75 Å². The van der Waals surface area contributed by atoms with Crippen LogP contribution in [0.25, 0.3) is 0 Å². The minimum Gasteiger partial charge on any atom is -0.483 e. The molecule has 2 heteroatoms. The summed E-state index contributed by atoms with van der Waals surface area (Å²) in [6.45, 7) is 8.46. The predicted octanol–water partition coefficient (Wildman–Crippen LogP) is 4.95. The number of rotatable bonds is 4. The van der Waals surface area contributed by atoms with Crippen molar-refractivity contribution in [1.82, 2.24) is 0 Å². The van der Waals surface area contributed by atoms with Crippen molar-refractivity contribution in [2.24, 2.45) is 0 Å². The third-order valence-electron chi connectivity index (χ3n) is 4.79. The topological polar surface area (TPSA) is 12.5 Å². The molecule has 116 valence electrons. The lowest BCUT2D eigenvalue weighted by Gasteiger charge is -2.44. The Balaban J connectivity index is 1.93. The fourth-order valence-electron chi connectivity index (χ4n) is 3.18. The van der Waals surface area contributed by atoms with Crippen LogP contribution in [0.2, 0.25) is 0 Å². The molecule has 22 heavy (non-hydrogen) atoms. The summed E-state index contributed by atoms with van der Waals surface area (Å²) in [4.78, 5) is 2.47. The molecule has 0 bridgehead atoms. The van der Waals surface area contributed by atoms with Gasteiger partial charge in [0.2, 0.25) is 0 Å². The highest BCUT2D eigenvalue weighted by atomic mass is 16.5. The van der Waals surface area contributed by atoms with E-state index < -0.39 is 0 Å². The molecular formula is C20H25NO. The summed E-state index contributed by atoms with van der Waals surface area (Å²) < 4.78 is 6.36. The summed E-state index contributed by atoms with van der Waals surface area (Å²) >= 11 is 0. The third-order valence-corrected chi connectivity index (χ3v) is 4.79. The van der Waals surface area contributed by atoms with Crippen LogP contribution in [0, 0.1) is 6.92 Å². The first kappa shape index (κ1) is 15.0. The van der Waals surface area contributed by atoms with E-state index in [0.717, 1.165) is 31.7 Å². The fourth-order valence-corrected chi connectivity index (χ4v) is 3.18. The molecule has 0 saturated heterocycles. The SMILES string of the molecule is CCC1(CC)CN(Cc2ccc(C)cc2)c2ccccc2O1. The lowest BCUT2D eigenvalue weighted by atomic mass is 9.93. The second-order valence-electron chi connectivity index (χ2n) is 6.30. The van der Waals surface area contributed by atoms with Gasteiger partial charge in [0.1, 0.15) is 11.4 Å². The van der Waals surface area contributed by atoms with E-state index in [-0.39, 0.29) is 5.60 Å². The molecule has 0 atom stereocenters. The summed E-state index contributed by atoms with van der Waals surface area (Å²) in [7, 11) is 0. The standard InChI is InChI=1S/C20H25NO/c1-4-20(5-2)15-21(14-17-12-10-16(3)11-13-17)18-8-6-7-9-19(18)22-20/h6-13H,4-5,14-15H2,1-3H3. The van der Waals surface area contributed by atoms with E-state index in [1.54, 1.807) is 0 Å².